The van der Waals surface area contributed by atoms with E-state index in [2.05, 4.69) is 15.8 Å². The fraction of sp³-hybridized carbons (Fsp3) is 0.273. The van der Waals surface area contributed by atoms with Crippen molar-refractivity contribution in [2.75, 3.05) is 12.8 Å². The average molecular weight is 269 g/mol. The van der Waals surface area contributed by atoms with Crippen LogP contribution in [0.5, 0.6) is 0 Å². The van der Waals surface area contributed by atoms with Crippen LogP contribution in [0, 0.1) is 5.82 Å². The fourth-order valence-electron chi connectivity index (χ4n) is 1.54. The molecule has 0 unspecified atom stereocenters. The molecular formula is C11H12FN3S2. The number of thioether (sulfide) groups is 1. The van der Waals surface area contributed by atoms with E-state index in [-0.39, 0.29) is 5.82 Å². The molecule has 1 aliphatic heterocycles. The molecule has 0 radical (unpaired) electrons. The quantitative estimate of drug-likeness (QED) is 0.605. The van der Waals surface area contributed by atoms with E-state index in [1.54, 1.807) is 24.9 Å². The summed E-state index contributed by atoms with van der Waals surface area (Å²) in [6.45, 7) is 0. The van der Waals surface area contributed by atoms with Gasteiger partial charge in [-0.15, -0.1) is 11.8 Å². The van der Waals surface area contributed by atoms with Crippen molar-refractivity contribution in [2.45, 2.75) is 11.3 Å². The molecule has 1 heterocycles. The lowest BCUT2D eigenvalue weighted by Crippen LogP contribution is -2.30. The standard InChI is InChI=1S/C11H12FN3S2/c1-13-11(16)15-14-9-4-5-17-10-3-2-7(12)6-8(9)10/h2-3,6H,4-5H2,1H3,(H2,13,15,16)/b14-9-. The summed E-state index contributed by atoms with van der Waals surface area (Å²) in [4.78, 5) is 1.06. The van der Waals surface area contributed by atoms with Crippen LogP contribution in [-0.2, 0) is 0 Å². The third-order valence-electron chi connectivity index (χ3n) is 2.37. The van der Waals surface area contributed by atoms with E-state index in [9.17, 15) is 4.39 Å². The maximum Gasteiger partial charge on any atom is 0.186 e. The Labute approximate surface area is 109 Å². The van der Waals surface area contributed by atoms with Gasteiger partial charge in [-0.1, -0.05) is 0 Å². The minimum absolute atomic E-state index is 0.241. The maximum absolute atomic E-state index is 13.2. The number of hydrogen-bond acceptors (Lipinski definition) is 3. The van der Waals surface area contributed by atoms with Crippen LogP contribution in [0.1, 0.15) is 12.0 Å². The van der Waals surface area contributed by atoms with Crippen molar-refractivity contribution in [2.24, 2.45) is 5.10 Å². The van der Waals surface area contributed by atoms with E-state index in [1.807, 2.05) is 0 Å². The summed E-state index contributed by atoms with van der Waals surface area (Å²) in [7, 11) is 1.72. The van der Waals surface area contributed by atoms with Crippen molar-refractivity contribution < 1.29 is 4.39 Å². The highest BCUT2D eigenvalue weighted by atomic mass is 32.2. The van der Waals surface area contributed by atoms with E-state index in [4.69, 9.17) is 12.2 Å². The number of fused-ring (bicyclic) bond motifs is 1. The number of nitrogens with one attached hydrogen (secondary N) is 2. The molecule has 0 bridgehead atoms. The van der Waals surface area contributed by atoms with Gasteiger partial charge >= 0.3 is 0 Å². The molecule has 0 spiro atoms. The summed E-state index contributed by atoms with van der Waals surface area (Å²) < 4.78 is 13.2. The molecule has 3 nitrogen and oxygen atoms in total. The van der Waals surface area contributed by atoms with E-state index in [0.717, 1.165) is 28.3 Å². The molecule has 17 heavy (non-hydrogen) atoms. The number of hydrazone groups is 1. The van der Waals surface area contributed by atoms with Crippen LogP contribution in [0.15, 0.2) is 28.2 Å². The Morgan fingerprint density at radius 1 is 1.53 bits per heavy atom. The van der Waals surface area contributed by atoms with Gasteiger partial charge in [0.25, 0.3) is 0 Å². The normalized spacial score (nSPS) is 16.5. The number of halogens is 1. The minimum atomic E-state index is -0.241. The van der Waals surface area contributed by atoms with Crippen molar-refractivity contribution in [3.05, 3.63) is 29.6 Å². The van der Waals surface area contributed by atoms with Crippen molar-refractivity contribution >= 4 is 34.8 Å². The summed E-state index contributed by atoms with van der Waals surface area (Å²) in [5, 5.41) is 7.45. The Bertz CT molecular complexity index is 474. The third kappa shape index (κ3) is 2.95. The maximum atomic E-state index is 13.2. The molecule has 1 aromatic rings. The number of hydrogen-bond donors (Lipinski definition) is 2. The fourth-order valence-corrected chi connectivity index (χ4v) is 2.59. The summed E-state index contributed by atoms with van der Waals surface area (Å²) in [6.07, 6.45) is 0.806. The van der Waals surface area contributed by atoms with Crippen molar-refractivity contribution in [1.29, 1.82) is 0 Å². The Balaban J connectivity index is 2.27. The van der Waals surface area contributed by atoms with Gasteiger partial charge in [0.1, 0.15) is 5.82 Å². The second kappa shape index (κ2) is 5.46. The van der Waals surface area contributed by atoms with Crippen LogP contribution in [0.25, 0.3) is 0 Å². The van der Waals surface area contributed by atoms with Crippen LogP contribution in [0.2, 0.25) is 0 Å². The van der Waals surface area contributed by atoms with Gasteiger partial charge in [0, 0.05) is 29.7 Å². The highest BCUT2D eigenvalue weighted by molar-refractivity contribution is 7.99. The first kappa shape index (κ1) is 12.3. The highest BCUT2D eigenvalue weighted by Crippen LogP contribution is 2.30. The second-order valence-electron chi connectivity index (χ2n) is 3.49. The lowest BCUT2D eigenvalue weighted by molar-refractivity contribution is 0.626. The zero-order valence-corrected chi connectivity index (χ0v) is 10.9. The topological polar surface area (TPSA) is 36.4 Å². The molecule has 1 aliphatic rings. The number of benzene rings is 1. The molecule has 6 heteroatoms. The Morgan fingerprint density at radius 3 is 3.12 bits per heavy atom. The largest absolute Gasteiger partial charge is 0.364 e. The molecule has 0 amide bonds. The monoisotopic (exact) mass is 269 g/mol. The van der Waals surface area contributed by atoms with Gasteiger partial charge in [0.15, 0.2) is 5.11 Å². The third-order valence-corrected chi connectivity index (χ3v) is 3.74. The lowest BCUT2D eigenvalue weighted by atomic mass is 10.1. The predicted octanol–water partition coefficient (Wildman–Crippen LogP) is 2.12. The minimum Gasteiger partial charge on any atom is -0.364 e. The van der Waals surface area contributed by atoms with Gasteiger partial charge in [0.2, 0.25) is 0 Å². The Kier molecular flexibility index (Phi) is 3.96. The molecule has 0 atom stereocenters. The average Bonchev–Trinajstić information content (AvgIpc) is 2.35. The molecule has 1 aromatic carbocycles. The smallest absolute Gasteiger partial charge is 0.186 e. The zero-order valence-electron chi connectivity index (χ0n) is 9.29. The number of rotatable bonds is 1. The molecule has 0 aromatic heterocycles. The summed E-state index contributed by atoms with van der Waals surface area (Å²) >= 11 is 6.66. The second-order valence-corrected chi connectivity index (χ2v) is 5.03. The van der Waals surface area contributed by atoms with E-state index in [0.29, 0.717) is 5.11 Å². The molecule has 0 aliphatic carbocycles. The lowest BCUT2D eigenvalue weighted by Gasteiger charge is -2.17. The first-order valence-corrected chi connectivity index (χ1v) is 6.57. The summed E-state index contributed by atoms with van der Waals surface area (Å²) in [5.41, 5.74) is 4.44. The van der Waals surface area contributed by atoms with Gasteiger partial charge in [-0.25, -0.2) is 4.39 Å². The van der Waals surface area contributed by atoms with E-state index < -0.39 is 0 Å². The summed E-state index contributed by atoms with van der Waals surface area (Å²) in [6, 6.07) is 4.78. The number of thiocarbonyl (C=S) groups is 1. The molecule has 2 rings (SSSR count). The van der Waals surface area contributed by atoms with Crippen LogP contribution >= 0.6 is 24.0 Å². The van der Waals surface area contributed by atoms with E-state index in [1.165, 1.54) is 12.1 Å². The number of nitrogens with zero attached hydrogens (tertiary/aromatic N) is 1. The molecular weight excluding hydrogens is 257 g/mol. The van der Waals surface area contributed by atoms with Crippen molar-refractivity contribution in [1.82, 2.24) is 10.7 Å². The van der Waals surface area contributed by atoms with E-state index >= 15 is 0 Å². The summed E-state index contributed by atoms with van der Waals surface area (Å²) in [5.74, 6) is 0.709. The first-order chi connectivity index (χ1) is 8.20. The van der Waals surface area contributed by atoms with Crippen molar-refractivity contribution in [3.8, 4) is 0 Å². The first-order valence-electron chi connectivity index (χ1n) is 5.17. The molecule has 0 fully saturated rings. The van der Waals surface area contributed by atoms with Gasteiger partial charge < -0.3 is 5.32 Å². The van der Waals surface area contributed by atoms with Crippen molar-refractivity contribution in [3.63, 3.8) is 0 Å². The van der Waals surface area contributed by atoms with Gasteiger partial charge in [-0.05, 0) is 30.4 Å². The van der Waals surface area contributed by atoms with Gasteiger partial charge in [-0.3, -0.25) is 5.43 Å². The zero-order chi connectivity index (χ0) is 12.3. The van der Waals surface area contributed by atoms with Gasteiger partial charge in [0.05, 0.1) is 5.71 Å². The molecule has 0 saturated carbocycles. The predicted molar refractivity (Wildman–Crippen MR) is 73.1 cm³/mol. The highest BCUT2D eigenvalue weighted by Gasteiger charge is 2.16. The van der Waals surface area contributed by atoms with Crippen LogP contribution < -0.4 is 10.7 Å². The van der Waals surface area contributed by atoms with Gasteiger partial charge in [-0.2, -0.15) is 5.10 Å². The SMILES string of the molecule is CNC(=S)N/N=C1/CCSc2ccc(F)cc21. The Morgan fingerprint density at radius 2 is 2.35 bits per heavy atom. The molecule has 2 N–H and O–H groups in total. The van der Waals surface area contributed by atoms with Crippen LogP contribution in [0.3, 0.4) is 0 Å². The molecule has 90 valence electrons. The van der Waals surface area contributed by atoms with Crippen LogP contribution in [0.4, 0.5) is 4.39 Å². The molecule has 0 saturated heterocycles. The van der Waals surface area contributed by atoms with Crippen LogP contribution in [-0.4, -0.2) is 23.6 Å². The Hall–Kier alpha value is -1.14.